The largest absolute Gasteiger partial charge is 0.447 e. The van der Waals surface area contributed by atoms with Crippen LogP contribution in [-0.4, -0.2) is 11.0 Å². The normalized spacial score (nSPS) is 11.8. The molecule has 0 fully saturated rings. The van der Waals surface area contributed by atoms with Crippen molar-refractivity contribution in [2.75, 3.05) is 0 Å². The predicted octanol–water partition coefficient (Wildman–Crippen LogP) is 4.93. The maximum Gasteiger partial charge on any atom is 0.339 e. The van der Waals surface area contributed by atoms with Crippen LogP contribution >= 0.6 is 15.9 Å². The average molecular weight is 386 g/mol. The van der Waals surface area contributed by atoms with Crippen LogP contribution in [0.4, 0.5) is 4.39 Å². The van der Waals surface area contributed by atoms with Gasteiger partial charge in [0.25, 0.3) is 0 Å². The maximum absolute atomic E-state index is 13.6. The molecule has 1 aromatic heterocycles. The Morgan fingerprint density at radius 1 is 1.04 bits per heavy atom. The first-order valence-electron chi connectivity index (χ1n) is 7.26. The first kappa shape index (κ1) is 16.3. The van der Waals surface area contributed by atoms with Crippen LogP contribution in [0.25, 0.3) is 0 Å². The third-order valence-corrected chi connectivity index (χ3v) is 3.94. The highest BCUT2D eigenvalue weighted by Crippen LogP contribution is 2.26. The molecule has 0 aliphatic rings. The number of nitrogens with zero attached hydrogens (tertiary/aromatic N) is 1. The lowest BCUT2D eigenvalue weighted by atomic mass is 10.1. The van der Waals surface area contributed by atoms with Gasteiger partial charge in [-0.3, -0.25) is 4.98 Å². The molecule has 1 atom stereocenters. The van der Waals surface area contributed by atoms with Gasteiger partial charge in [-0.15, -0.1) is 0 Å². The number of carbonyl (C=O) groups is 1. The van der Waals surface area contributed by atoms with Gasteiger partial charge < -0.3 is 4.74 Å². The number of pyridine rings is 1. The second-order valence-electron chi connectivity index (χ2n) is 5.10. The Morgan fingerprint density at radius 2 is 1.83 bits per heavy atom. The Morgan fingerprint density at radius 3 is 2.50 bits per heavy atom. The molecule has 120 valence electrons. The maximum atomic E-state index is 13.6. The van der Waals surface area contributed by atoms with Gasteiger partial charge in [-0.1, -0.05) is 34.1 Å². The third-order valence-electron chi connectivity index (χ3n) is 3.41. The molecule has 0 aliphatic heterocycles. The fourth-order valence-corrected chi connectivity index (χ4v) is 2.53. The molecule has 3 aromatic rings. The molecule has 0 amide bonds. The van der Waals surface area contributed by atoms with Gasteiger partial charge in [0, 0.05) is 16.2 Å². The molecule has 5 heteroatoms. The van der Waals surface area contributed by atoms with Crippen molar-refractivity contribution in [3.8, 4) is 0 Å². The molecule has 3 nitrogen and oxygen atoms in total. The van der Waals surface area contributed by atoms with E-state index in [1.165, 1.54) is 12.1 Å². The summed E-state index contributed by atoms with van der Waals surface area (Å²) in [5.74, 6) is -0.893. The number of benzene rings is 2. The van der Waals surface area contributed by atoms with Gasteiger partial charge >= 0.3 is 5.97 Å². The van der Waals surface area contributed by atoms with Crippen molar-refractivity contribution in [3.05, 3.63) is 100 Å². The van der Waals surface area contributed by atoms with Gasteiger partial charge in [-0.05, 0) is 48.5 Å². The number of aromatic nitrogens is 1. The Labute approximate surface area is 147 Å². The molecule has 0 spiro atoms. The Hall–Kier alpha value is -2.53. The number of esters is 1. The van der Waals surface area contributed by atoms with Crippen LogP contribution in [0.1, 0.15) is 27.7 Å². The zero-order chi connectivity index (χ0) is 16.9. The number of halogens is 2. The summed E-state index contributed by atoms with van der Waals surface area (Å²) in [7, 11) is 0. The summed E-state index contributed by atoms with van der Waals surface area (Å²) < 4.78 is 20.1. The number of hydrogen-bond donors (Lipinski definition) is 0. The third kappa shape index (κ3) is 3.86. The molecule has 0 bridgehead atoms. The van der Waals surface area contributed by atoms with Gasteiger partial charge in [-0.2, -0.15) is 0 Å². The van der Waals surface area contributed by atoms with Gasteiger partial charge in [0.2, 0.25) is 0 Å². The van der Waals surface area contributed by atoms with Crippen LogP contribution in [0, 0.1) is 5.82 Å². The lowest BCUT2D eigenvalue weighted by molar-refractivity contribution is 0.0370. The van der Waals surface area contributed by atoms with Crippen molar-refractivity contribution in [3.63, 3.8) is 0 Å². The summed E-state index contributed by atoms with van der Waals surface area (Å²) in [5.41, 5.74) is 1.48. The summed E-state index contributed by atoms with van der Waals surface area (Å²) >= 11 is 3.32. The zero-order valence-electron chi connectivity index (χ0n) is 12.5. The van der Waals surface area contributed by atoms with E-state index in [4.69, 9.17) is 4.74 Å². The van der Waals surface area contributed by atoms with Crippen molar-refractivity contribution in [2.24, 2.45) is 0 Å². The summed E-state index contributed by atoms with van der Waals surface area (Å²) in [6.07, 6.45) is 0.827. The lowest BCUT2D eigenvalue weighted by Crippen LogP contribution is -2.14. The van der Waals surface area contributed by atoms with Crippen molar-refractivity contribution in [2.45, 2.75) is 6.10 Å². The van der Waals surface area contributed by atoms with Crippen LogP contribution < -0.4 is 0 Å². The summed E-state index contributed by atoms with van der Waals surface area (Å²) in [6, 6.07) is 18.1. The standard InChI is InChI=1S/C19H13BrFNO2/c20-15-9-7-13(8-10-15)19(23)24-18(17-6-1-2-11-22-17)14-4-3-5-16(21)12-14/h1-12,18H. The molecule has 1 unspecified atom stereocenters. The average Bonchev–Trinajstić information content (AvgIpc) is 2.61. The van der Waals surface area contributed by atoms with E-state index in [2.05, 4.69) is 20.9 Å². The van der Waals surface area contributed by atoms with E-state index in [1.807, 2.05) is 0 Å². The number of rotatable bonds is 4. The number of hydrogen-bond acceptors (Lipinski definition) is 3. The molecule has 1 heterocycles. The highest BCUT2D eigenvalue weighted by Gasteiger charge is 2.21. The van der Waals surface area contributed by atoms with Crippen molar-refractivity contribution in [1.82, 2.24) is 4.98 Å². The number of ether oxygens (including phenoxy) is 1. The first-order valence-corrected chi connectivity index (χ1v) is 8.06. The Kier molecular flexibility index (Phi) is 5.01. The summed E-state index contributed by atoms with van der Waals surface area (Å²) in [6.45, 7) is 0. The molecular weight excluding hydrogens is 373 g/mol. The van der Waals surface area contributed by atoms with Gasteiger partial charge in [-0.25, -0.2) is 9.18 Å². The fraction of sp³-hybridized carbons (Fsp3) is 0.0526. The lowest BCUT2D eigenvalue weighted by Gasteiger charge is -2.18. The minimum absolute atomic E-state index is 0.395. The van der Waals surface area contributed by atoms with Crippen LogP contribution in [-0.2, 0) is 4.74 Å². The second-order valence-corrected chi connectivity index (χ2v) is 6.02. The fourth-order valence-electron chi connectivity index (χ4n) is 2.26. The molecule has 24 heavy (non-hydrogen) atoms. The van der Waals surface area contributed by atoms with E-state index in [-0.39, 0.29) is 0 Å². The van der Waals surface area contributed by atoms with Crippen LogP contribution in [0.15, 0.2) is 77.4 Å². The second kappa shape index (κ2) is 7.36. The van der Waals surface area contributed by atoms with Gasteiger partial charge in [0.05, 0.1) is 11.3 Å². The minimum Gasteiger partial charge on any atom is -0.447 e. The first-order chi connectivity index (χ1) is 11.6. The van der Waals surface area contributed by atoms with E-state index in [0.717, 1.165) is 4.47 Å². The van der Waals surface area contributed by atoms with E-state index in [0.29, 0.717) is 16.8 Å². The molecule has 0 saturated heterocycles. The predicted molar refractivity (Wildman–Crippen MR) is 92.0 cm³/mol. The van der Waals surface area contributed by atoms with Gasteiger partial charge in [0.15, 0.2) is 6.10 Å². The van der Waals surface area contributed by atoms with Crippen LogP contribution in [0.2, 0.25) is 0 Å². The Bertz CT molecular complexity index is 838. The molecule has 0 saturated carbocycles. The van der Waals surface area contributed by atoms with E-state index < -0.39 is 17.9 Å². The molecule has 0 radical (unpaired) electrons. The Balaban J connectivity index is 1.93. The van der Waals surface area contributed by atoms with E-state index in [9.17, 15) is 9.18 Å². The van der Waals surface area contributed by atoms with E-state index >= 15 is 0 Å². The molecule has 2 aromatic carbocycles. The van der Waals surface area contributed by atoms with Crippen LogP contribution in [0.5, 0.6) is 0 Å². The van der Waals surface area contributed by atoms with Gasteiger partial charge in [0.1, 0.15) is 5.82 Å². The SMILES string of the molecule is O=C(OC(c1cccc(F)c1)c1ccccn1)c1ccc(Br)cc1. The topological polar surface area (TPSA) is 39.2 Å². The zero-order valence-corrected chi connectivity index (χ0v) is 14.1. The molecule has 0 aliphatic carbocycles. The number of carbonyl (C=O) groups excluding carboxylic acids is 1. The smallest absolute Gasteiger partial charge is 0.339 e. The molecule has 3 rings (SSSR count). The quantitative estimate of drug-likeness (QED) is 0.597. The van der Waals surface area contributed by atoms with Crippen molar-refractivity contribution < 1.29 is 13.9 Å². The highest BCUT2D eigenvalue weighted by atomic mass is 79.9. The minimum atomic E-state index is -0.780. The van der Waals surface area contributed by atoms with E-state index in [1.54, 1.807) is 60.8 Å². The monoisotopic (exact) mass is 385 g/mol. The van der Waals surface area contributed by atoms with Crippen molar-refractivity contribution >= 4 is 21.9 Å². The molecular formula is C19H13BrFNO2. The van der Waals surface area contributed by atoms with Crippen LogP contribution in [0.3, 0.4) is 0 Å². The van der Waals surface area contributed by atoms with Crippen molar-refractivity contribution in [1.29, 1.82) is 0 Å². The summed E-state index contributed by atoms with van der Waals surface area (Å²) in [4.78, 5) is 16.7. The highest BCUT2D eigenvalue weighted by molar-refractivity contribution is 9.10. The summed E-state index contributed by atoms with van der Waals surface area (Å²) in [5, 5.41) is 0. The molecule has 0 N–H and O–H groups in total.